The molecule has 1 saturated heterocycles. The quantitative estimate of drug-likeness (QED) is 0.686. The fraction of sp³-hybridized carbons (Fsp3) is 1.00. The fourth-order valence-corrected chi connectivity index (χ4v) is 2.78. The molecule has 0 aromatic carbocycles. The molecule has 2 rings (SSSR count). The van der Waals surface area contributed by atoms with Crippen molar-refractivity contribution >= 4 is 0 Å². The molecule has 1 heterocycles. The fourth-order valence-electron chi connectivity index (χ4n) is 2.78. The van der Waals surface area contributed by atoms with E-state index in [1.165, 1.54) is 0 Å². The Morgan fingerprint density at radius 2 is 2.31 bits per heavy atom. The number of ether oxygens (including phenoxy) is 1. The second-order valence-corrected chi connectivity index (χ2v) is 4.03. The Bertz CT molecular complexity index is 216. The summed E-state index contributed by atoms with van der Waals surface area (Å²) in [6.07, 6.45) is 0.819. The molecular weight excluding hydrogens is 383 g/mol. The van der Waals surface area contributed by atoms with Crippen molar-refractivity contribution in [2.75, 3.05) is 19.8 Å². The monoisotopic (exact) mass is 401 g/mol. The van der Waals surface area contributed by atoms with E-state index in [1.54, 1.807) is 0 Å². The second-order valence-electron chi connectivity index (χ2n) is 4.03. The Balaban J connectivity index is 0.000000980. The molecule has 0 bridgehead atoms. The van der Waals surface area contributed by atoms with Gasteiger partial charge >= 0.3 is 0 Å². The van der Waals surface area contributed by atoms with Crippen LogP contribution in [-0.4, -0.2) is 35.6 Å². The Morgan fingerprint density at radius 1 is 1.62 bits per heavy atom. The molecule has 2 fully saturated rings. The van der Waals surface area contributed by atoms with Gasteiger partial charge in [0.2, 0.25) is 0 Å². The van der Waals surface area contributed by atoms with Gasteiger partial charge in [-0.25, -0.2) is 0 Å². The van der Waals surface area contributed by atoms with Gasteiger partial charge in [0, 0.05) is 62.5 Å². The van der Waals surface area contributed by atoms with Crippen molar-refractivity contribution in [1.82, 2.24) is 0 Å². The largest absolute Gasteiger partial charge is 0.396 e. The summed E-state index contributed by atoms with van der Waals surface area (Å²) in [6.45, 7) is 1.40. The van der Waals surface area contributed by atoms with E-state index in [1.807, 2.05) is 0 Å². The molecule has 0 spiro atoms. The Kier molecular flexibility index (Phi) is 3.71. The van der Waals surface area contributed by atoms with Crippen LogP contribution in [0.1, 0.15) is 14.7 Å². The minimum atomic E-state index is -0.660. The molecule has 0 amide bonds. The maximum Gasteiger partial charge on any atom is 0.0949 e. The standard InChI is InChI=1S/C9H16O3.Ac/c1-6-2-9(5-11)8(6)7(3-10)4-12-9;/h6-8,10-11H,2-5H2,1H3;/t6?,7?,8-,9-;/m1./s1/i4T;/t4?,6?,7?,8-,9-;. The minimum Gasteiger partial charge on any atom is -0.396 e. The molecule has 2 N–H and O–H groups in total. The van der Waals surface area contributed by atoms with Gasteiger partial charge in [-0.2, -0.15) is 0 Å². The van der Waals surface area contributed by atoms with E-state index in [4.69, 9.17) is 11.2 Å². The number of fused-ring (bicyclic) bond motifs is 1. The number of hydrogen-bond acceptors (Lipinski definition) is 3. The van der Waals surface area contributed by atoms with Crippen molar-refractivity contribution in [2.24, 2.45) is 17.8 Å². The molecule has 1 radical (unpaired) electrons. The molecule has 0 aromatic rings. The van der Waals surface area contributed by atoms with Crippen LogP contribution in [0.15, 0.2) is 0 Å². The summed E-state index contributed by atoms with van der Waals surface area (Å²) >= 11 is 0. The first kappa shape index (κ1) is 10.8. The first-order valence-corrected chi connectivity index (χ1v) is 4.46. The van der Waals surface area contributed by atoms with Gasteiger partial charge in [0.1, 0.15) is 0 Å². The smallest absolute Gasteiger partial charge is 0.0949 e. The molecule has 13 heavy (non-hydrogen) atoms. The molecule has 73 valence electrons. The molecule has 3 nitrogen and oxygen atoms in total. The van der Waals surface area contributed by atoms with Gasteiger partial charge in [0.25, 0.3) is 0 Å². The van der Waals surface area contributed by atoms with E-state index in [-0.39, 0.29) is 69.1 Å². The van der Waals surface area contributed by atoms with Crippen LogP contribution in [0.4, 0.5) is 0 Å². The van der Waals surface area contributed by atoms with Crippen molar-refractivity contribution in [3.05, 3.63) is 0 Å². The zero-order valence-electron chi connectivity index (χ0n) is 8.81. The normalized spacial score (nSPS) is 54.5. The van der Waals surface area contributed by atoms with E-state index in [0.29, 0.717) is 5.92 Å². The van der Waals surface area contributed by atoms with E-state index < -0.39 is 12.2 Å². The molecule has 1 saturated carbocycles. The number of rotatable bonds is 2. The van der Waals surface area contributed by atoms with Gasteiger partial charge in [0.05, 0.1) is 20.2 Å². The van der Waals surface area contributed by atoms with Crippen molar-refractivity contribution in [3.63, 3.8) is 0 Å². The van der Waals surface area contributed by atoms with Gasteiger partial charge in [-0.1, -0.05) is 6.92 Å². The predicted molar refractivity (Wildman–Crippen MR) is 43.6 cm³/mol. The summed E-state index contributed by atoms with van der Waals surface area (Å²) in [5, 5.41) is 18.3. The number of aliphatic hydroxyl groups excluding tert-OH is 2. The summed E-state index contributed by atoms with van der Waals surface area (Å²) in [7, 11) is 0. The zero-order chi connectivity index (χ0) is 9.64. The third-order valence-corrected chi connectivity index (χ3v) is 3.31. The van der Waals surface area contributed by atoms with Crippen molar-refractivity contribution in [2.45, 2.75) is 18.9 Å². The van der Waals surface area contributed by atoms with Gasteiger partial charge in [0.15, 0.2) is 0 Å². The minimum absolute atomic E-state index is 0. The second kappa shape index (κ2) is 4.45. The van der Waals surface area contributed by atoms with Crippen LogP contribution in [0.25, 0.3) is 0 Å². The van der Waals surface area contributed by atoms with Crippen LogP contribution < -0.4 is 0 Å². The first-order chi connectivity index (χ1) is 6.14. The predicted octanol–water partition coefficient (Wildman–Crippen LogP) is 0.0122. The molecule has 1 aliphatic carbocycles. The topological polar surface area (TPSA) is 49.7 Å². The van der Waals surface area contributed by atoms with Crippen LogP contribution in [0.2, 0.25) is 0 Å². The van der Waals surface area contributed by atoms with Crippen LogP contribution in [0, 0.1) is 61.8 Å². The van der Waals surface area contributed by atoms with Gasteiger partial charge in [-0.3, -0.25) is 0 Å². The summed E-state index contributed by atoms with van der Waals surface area (Å²) < 4.78 is 13.0. The Labute approximate surface area is 116 Å². The van der Waals surface area contributed by atoms with Gasteiger partial charge in [-0.05, 0) is 12.3 Å². The summed E-state index contributed by atoms with van der Waals surface area (Å²) in [5.41, 5.74) is -0.501. The van der Waals surface area contributed by atoms with Crippen molar-refractivity contribution < 1.29 is 60.4 Å². The molecular formula is C9H16AcO3. The van der Waals surface area contributed by atoms with Crippen LogP contribution in [-0.2, 0) is 4.74 Å². The average Bonchev–Trinajstić information content (AvgIpc) is 2.33. The molecule has 1 aliphatic heterocycles. The average molecular weight is 401 g/mol. The summed E-state index contributed by atoms with van der Waals surface area (Å²) in [4.78, 5) is 0. The third kappa shape index (κ3) is 1.74. The van der Waals surface area contributed by atoms with E-state index in [0.717, 1.165) is 6.42 Å². The first-order valence-electron chi connectivity index (χ1n) is 5.04. The SMILES string of the molecule is [3H]C1O[C@@]2(CO)CC(C)[C@@H]2C1CO.[Ac]. The van der Waals surface area contributed by atoms with E-state index >= 15 is 0 Å². The maximum absolute atomic E-state index is 9.21. The van der Waals surface area contributed by atoms with Gasteiger partial charge in [-0.15, -0.1) is 0 Å². The molecule has 0 aromatic heterocycles. The van der Waals surface area contributed by atoms with Crippen LogP contribution in [0.5, 0.6) is 0 Å². The third-order valence-electron chi connectivity index (χ3n) is 3.31. The van der Waals surface area contributed by atoms with Crippen LogP contribution in [0.3, 0.4) is 0 Å². The molecule has 4 heteroatoms. The van der Waals surface area contributed by atoms with Crippen molar-refractivity contribution in [3.8, 4) is 0 Å². The summed E-state index contributed by atoms with van der Waals surface area (Å²) in [5.74, 6) is 0.514. The van der Waals surface area contributed by atoms with Crippen LogP contribution >= 0.6 is 0 Å². The van der Waals surface area contributed by atoms with Gasteiger partial charge < -0.3 is 14.9 Å². The Hall–Kier alpha value is 1.32. The number of aliphatic hydroxyl groups is 2. The Morgan fingerprint density at radius 3 is 2.77 bits per heavy atom. The molecule has 2 aliphatic rings. The molecule has 3 unspecified atom stereocenters. The van der Waals surface area contributed by atoms with E-state index in [2.05, 4.69) is 6.92 Å². The van der Waals surface area contributed by atoms with E-state index in [9.17, 15) is 5.11 Å². The summed E-state index contributed by atoms with van der Waals surface area (Å²) in [6, 6.07) is 0. The maximum atomic E-state index is 9.21. The molecule has 5 atom stereocenters. The number of hydrogen-bond donors (Lipinski definition) is 2. The van der Waals surface area contributed by atoms with Crippen molar-refractivity contribution in [1.29, 1.82) is 0 Å². The zero-order valence-corrected chi connectivity index (χ0v) is 12.6.